The molecule has 0 fully saturated rings. The highest BCUT2D eigenvalue weighted by atomic mass is 16.1. The van der Waals surface area contributed by atoms with Crippen LogP contribution in [0.15, 0.2) is 23.1 Å². The number of amides is 1. The summed E-state index contributed by atoms with van der Waals surface area (Å²) in [7, 11) is 0. The molecule has 1 N–H and O–H groups in total. The lowest BCUT2D eigenvalue weighted by atomic mass is 10.4. The molecule has 1 aromatic heterocycles. The monoisotopic (exact) mass is 180 g/mol. The Balaban J connectivity index is 2.99. The maximum atomic E-state index is 11.1. The number of nitrogens with one attached hydrogen (secondary N) is 1. The highest BCUT2D eigenvalue weighted by molar-refractivity contribution is 5.88. The van der Waals surface area contributed by atoms with Crippen LogP contribution in [0, 0.1) is 0 Å². The molecule has 1 aromatic rings. The molecule has 13 heavy (non-hydrogen) atoms. The highest BCUT2D eigenvalue weighted by Gasteiger charge is 1.97. The molecule has 1 heterocycles. The van der Waals surface area contributed by atoms with Crippen LogP contribution in [0.2, 0.25) is 0 Å². The molecule has 1 amide bonds. The van der Waals surface area contributed by atoms with E-state index in [1.54, 1.807) is 12.3 Å². The molecule has 70 valence electrons. The topological polar surface area (TPSA) is 51.1 Å². The fraction of sp³-hybridized carbons (Fsp3) is 0.333. The van der Waals surface area contributed by atoms with Gasteiger partial charge in [0.05, 0.1) is 5.69 Å². The van der Waals surface area contributed by atoms with Crippen LogP contribution >= 0.6 is 0 Å². The normalized spacial score (nSPS) is 9.69. The number of rotatable bonds is 2. The van der Waals surface area contributed by atoms with Gasteiger partial charge in [-0.1, -0.05) is 0 Å². The Kier molecular flexibility index (Phi) is 2.84. The summed E-state index contributed by atoms with van der Waals surface area (Å²) >= 11 is 0. The number of aromatic nitrogens is 1. The summed E-state index contributed by atoms with van der Waals surface area (Å²) in [5, 5.41) is 2.61. The predicted molar refractivity (Wildman–Crippen MR) is 50.7 cm³/mol. The van der Waals surface area contributed by atoms with Crippen LogP contribution in [0.5, 0.6) is 0 Å². The van der Waals surface area contributed by atoms with Crippen molar-refractivity contribution in [1.29, 1.82) is 0 Å². The van der Waals surface area contributed by atoms with Gasteiger partial charge in [0.2, 0.25) is 5.91 Å². The zero-order valence-corrected chi connectivity index (χ0v) is 7.70. The maximum Gasteiger partial charge on any atom is 0.250 e. The van der Waals surface area contributed by atoms with Crippen molar-refractivity contribution in [3.8, 4) is 0 Å². The molecule has 0 saturated carbocycles. The molecule has 0 aliphatic rings. The van der Waals surface area contributed by atoms with Crippen LogP contribution < -0.4 is 10.9 Å². The number of hydrogen-bond donors (Lipinski definition) is 1. The molecule has 1 rings (SSSR count). The molecule has 0 aliphatic heterocycles. The van der Waals surface area contributed by atoms with Crippen molar-refractivity contribution in [2.24, 2.45) is 0 Å². The summed E-state index contributed by atoms with van der Waals surface area (Å²) in [4.78, 5) is 21.8. The van der Waals surface area contributed by atoms with Crippen LogP contribution in [0.4, 0.5) is 5.69 Å². The van der Waals surface area contributed by atoms with Gasteiger partial charge in [-0.2, -0.15) is 0 Å². The van der Waals surface area contributed by atoms with Crippen molar-refractivity contribution in [3.63, 3.8) is 0 Å². The van der Waals surface area contributed by atoms with Crippen molar-refractivity contribution < 1.29 is 4.79 Å². The first-order valence-corrected chi connectivity index (χ1v) is 4.11. The van der Waals surface area contributed by atoms with E-state index in [0.29, 0.717) is 12.2 Å². The lowest BCUT2D eigenvalue weighted by Crippen LogP contribution is -2.18. The van der Waals surface area contributed by atoms with E-state index in [0.717, 1.165) is 0 Å². The third kappa shape index (κ3) is 2.43. The molecule has 0 bridgehead atoms. The van der Waals surface area contributed by atoms with Crippen molar-refractivity contribution >= 4 is 11.6 Å². The Morgan fingerprint density at radius 1 is 1.54 bits per heavy atom. The summed E-state index contributed by atoms with van der Waals surface area (Å²) in [5.41, 5.74) is 0.588. The van der Waals surface area contributed by atoms with Gasteiger partial charge in [0.1, 0.15) is 0 Å². The van der Waals surface area contributed by atoms with Crippen molar-refractivity contribution in [2.45, 2.75) is 20.4 Å². The number of carbonyl (C=O) groups is 1. The highest BCUT2D eigenvalue weighted by Crippen LogP contribution is 2.02. The standard InChI is InChI=1S/C9H12N2O2/c1-3-11-6-8(10-7(2)12)4-5-9(11)13/h4-6H,3H2,1-2H3,(H,10,12). The molecule has 0 aromatic carbocycles. The van der Waals surface area contributed by atoms with Crippen LogP contribution in [0.3, 0.4) is 0 Å². The van der Waals surface area contributed by atoms with Crippen LogP contribution in [-0.4, -0.2) is 10.5 Å². The molecule has 4 nitrogen and oxygen atoms in total. The minimum absolute atomic E-state index is 0.0587. The number of nitrogens with zero attached hydrogens (tertiary/aromatic N) is 1. The van der Waals surface area contributed by atoms with Crippen LogP contribution in [0.25, 0.3) is 0 Å². The van der Waals surface area contributed by atoms with Crippen LogP contribution in [0.1, 0.15) is 13.8 Å². The van der Waals surface area contributed by atoms with E-state index in [2.05, 4.69) is 5.32 Å². The SMILES string of the molecule is CCn1cc(NC(C)=O)ccc1=O. The van der Waals surface area contributed by atoms with Crippen molar-refractivity contribution in [1.82, 2.24) is 4.57 Å². The number of anilines is 1. The average Bonchev–Trinajstić information content (AvgIpc) is 2.07. The van der Waals surface area contributed by atoms with Gasteiger partial charge in [-0.25, -0.2) is 0 Å². The van der Waals surface area contributed by atoms with Gasteiger partial charge < -0.3 is 9.88 Å². The fourth-order valence-electron chi connectivity index (χ4n) is 1.06. The van der Waals surface area contributed by atoms with E-state index in [-0.39, 0.29) is 11.5 Å². The second-order valence-electron chi connectivity index (χ2n) is 2.72. The van der Waals surface area contributed by atoms with E-state index in [1.807, 2.05) is 6.92 Å². The number of hydrogen-bond acceptors (Lipinski definition) is 2. The summed E-state index contributed by atoms with van der Waals surface area (Å²) in [6.45, 7) is 3.91. The van der Waals surface area contributed by atoms with Crippen molar-refractivity contribution in [3.05, 3.63) is 28.7 Å². The van der Waals surface area contributed by atoms with E-state index < -0.39 is 0 Å². The third-order valence-corrected chi connectivity index (χ3v) is 1.64. The van der Waals surface area contributed by atoms with Gasteiger partial charge >= 0.3 is 0 Å². The maximum absolute atomic E-state index is 11.1. The first-order chi connectivity index (χ1) is 6.13. The summed E-state index contributed by atoms with van der Waals surface area (Å²) in [6, 6.07) is 3.03. The summed E-state index contributed by atoms with van der Waals surface area (Å²) in [5.74, 6) is -0.138. The lowest BCUT2D eigenvalue weighted by Gasteiger charge is -2.05. The second kappa shape index (κ2) is 3.89. The largest absolute Gasteiger partial charge is 0.325 e. The minimum Gasteiger partial charge on any atom is -0.325 e. The third-order valence-electron chi connectivity index (χ3n) is 1.64. The fourth-order valence-corrected chi connectivity index (χ4v) is 1.06. The predicted octanol–water partition coefficient (Wildman–Crippen LogP) is 0.827. The van der Waals surface area contributed by atoms with E-state index in [4.69, 9.17) is 0 Å². The minimum atomic E-state index is -0.138. The second-order valence-corrected chi connectivity index (χ2v) is 2.72. The first kappa shape index (κ1) is 9.51. The zero-order valence-electron chi connectivity index (χ0n) is 7.70. The van der Waals surface area contributed by atoms with Gasteiger partial charge in [0.25, 0.3) is 5.56 Å². The first-order valence-electron chi connectivity index (χ1n) is 4.11. The average molecular weight is 180 g/mol. The Morgan fingerprint density at radius 3 is 2.77 bits per heavy atom. The van der Waals surface area contributed by atoms with Gasteiger partial charge in [0, 0.05) is 25.7 Å². The van der Waals surface area contributed by atoms with E-state index in [1.165, 1.54) is 17.6 Å². The molecule has 0 atom stereocenters. The molecule has 4 heteroatoms. The van der Waals surface area contributed by atoms with E-state index in [9.17, 15) is 9.59 Å². The van der Waals surface area contributed by atoms with Gasteiger partial charge in [-0.05, 0) is 13.0 Å². The molecule has 0 radical (unpaired) electrons. The van der Waals surface area contributed by atoms with Gasteiger partial charge in [-0.15, -0.1) is 0 Å². The molecule has 0 spiro atoms. The smallest absolute Gasteiger partial charge is 0.250 e. The van der Waals surface area contributed by atoms with E-state index >= 15 is 0 Å². The number of aryl methyl sites for hydroxylation is 1. The molecule has 0 unspecified atom stereocenters. The zero-order chi connectivity index (χ0) is 9.84. The van der Waals surface area contributed by atoms with Gasteiger partial charge in [0.15, 0.2) is 0 Å². The number of carbonyl (C=O) groups excluding carboxylic acids is 1. The molecule has 0 aliphatic carbocycles. The molecular formula is C9H12N2O2. The lowest BCUT2D eigenvalue weighted by molar-refractivity contribution is -0.114. The Morgan fingerprint density at radius 2 is 2.23 bits per heavy atom. The molecular weight excluding hydrogens is 168 g/mol. The summed E-state index contributed by atoms with van der Waals surface area (Å²) < 4.78 is 1.53. The Labute approximate surface area is 76.2 Å². The summed E-state index contributed by atoms with van der Waals surface area (Å²) in [6.07, 6.45) is 1.63. The quantitative estimate of drug-likeness (QED) is 0.732. The Hall–Kier alpha value is -1.58. The molecule has 0 saturated heterocycles. The Bertz CT molecular complexity index is 368. The van der Waals surface area contributed by atoms with Crippen molar-refractivity contribution in [2.75, 3.05) is 5.32 Å². The van der Waals surface area contributed by atoms with Crippen LogP contribution in [-0.2, 0) is 11.3 Å². The number of pyridine rings is 1. The van der Waals surface area contributed by atoms with Gasteiger partial charge in [-0.3, -0.25) is 9.59 Å².